The van der Waals surface area contributed by atoms with E-state index in [9.17, 15) is 27.6 Å². The molecule has 2 aromatic carbocycles. The number of nitrogens with one attached hydrogen (secondary N) is 1. The highest BCUT2D eigenvalue weighted by Gasteiger charge is 2.32. The van der Waals surface area contributed by atoms with E-state index in [0.29, 0.717) is 11.3 Å². The zero-order chi connectivity index (χ0) is 30.2. The topological polar surface area (TPSA) is 161 Å². The molecule has 3 rings (SSSR count). The van der Waals surface area contributed by atoms with Crippen LogP contribution in [0.5, 0.6) is 0 Å². The molecule has 13 heteroatoms. The second kappa shape index (κ2) is 14.0. The molecule has 0 aliphatic carbocycles. The number of pyridine rings is 1. The Kier molecular flexibility index (Phi) is 10.8. The van der Waals surface area contributed by atoms with Gasteiger partial charge >= 0.3 is 6.18 Å². The molecule has 0 aliphatic heterocycles. The van der Waals surface area contributed by atoms with Crippen LogP contribution in [0.3, 0.4) is 0 Å². The van der Waals surface area contributed by atoms with E-state index in [0.717, 1.165) is 27.9 Å². The predicted octanol–water partition coefficient (Wildman–Crippen LogP) is 2.07. The highest BCUT2D eigenvalue weighted by Crippen LogP contribution is 2.29. The monoisotopic (exact) mass is 573 g/mol. The van der Waals surface area contributed by atoms with Gasteiger partial charge in [0.25, 0.3) is 0 Å². The number of alkyl halides is 3. The number of halogens is 3. The van der Waals surface area contributed by atoms with Crippen molar-refractivity contribution >= 4 is 34.3 Å². The van der Waals surface area contributed by atoms with Crippen LogP contribution in [-0.4, -0.2) is 71.4 Å². The summed E-state index contributed by atoms with van der Waals surface area (Å²) in [6.07, 6.45) is -3.20. The van der Waals surface area contributed by atoms with E-state index >= 15 is 0 Å². The molecule has 2 atom stereocenters. The number of hydrogen-bond acceptors (Lipinski definition) is 7. The largest absolute Gasteiger partial charge is 0.416 e. The van der Waals surface area contributed by atoms with Crippen molar-refractivity contribution in [1.82, 2.24) is 14.8 Å². The number of hydrogen-bond donors (Lipinski definition) is 4. The van der Waals surface area contributed by atoms with Gasteiger partial charge in [0.1, 0.15) is 6.04 Å². The van der Waals surface area contributed by atoms with E-state index in [2.05, 4.69) is 10.3 Å². The number of carbonyl (C=O) groups excluding carboxylic acids is 3. The number of amides is 3. The second-order valence-electron chi connectivity index (χ2n) is 9.54. The number of benzene rings is 2. The van der Waals surface area contributed by atoms with Gasteiger partial charge in [-0.05, 0) is 36.2 Å². The summed E-state index contributed by atoms with van der Waals surface area (Å²) >= 11 is 0. The molecule has 220 valence electrons. The third-order valence-electron chi connectivity index (χ3n) is 6.64. The summed E-state index contributed by atoms with van der Waals surface area (Å²) in [4.78, 5) is 45.9. The average Bonchev–Trinajstić information content (AvgIpc) is 2.96. The molecule has 0 spiro atoms. The molecule has 3 amide bonds. The van der Waals surface area contributed by atoms with Crippen molar-refractivity contribution in [2.24, 2.45) is 17.2 Å². The van der Waals surface area contributed by atoms with E-state index in [1.807, 2.05) is 24.3 Å². The van der Waals surface area contributed by atoms with Gasteiger partial charge in [-0.25, -0.2) is 0 Å². The summed E-state index contributed by atoms with van der Waals surface area (Å²) in [5, 5.41) is 3.53. The molecule has 0 saturated carbocycles. The van der Waals surface area contributed by atoms with Crippen LogP contribution >= 0.6 is 0 Å². The van der Waals surface area contributed by atoms with E-state index in [4.69, 9.17) is 17.2 Å². The smallest absolute Gasteiger partial charge is 0.332 e. The van der Waals surface area contributed by atoms with Gasteiger partial charge < -0.3 is 32.3 Å². The van der Waals surface area contributed by atoms with Crippen molar-refractivity contribution in [2.75, 3.05) is 32.1 Å². The van der Waals surface area contributed by atoms with Gasteiger partial charge in [0.05, 0.1) is 35.7 Å². The molecule has 41 heavy (non-hydrogen) atoms. The highest BCUT2D eigenvalue weighted by molar-refractivity contribution is 5.99. The lowest BCUT2D eigenvalue weighted by molar-refractivity contribution is -0.138. The maximum Gasteiger partial charge on any atom is 0.416 e. The Morgan fingerprint density at radius 1 is 1.05 bits per heavy atom. The number of aromatic nitrogens is 1. The van der Waals surface area contributed by atoms with Crippen LogP contribution in [0.15, 0.2) is 60.8 Å². The Labute approximate surface area is 235 Å². The number of nitrogens with two attached hydrogens (primary N) is 3. The normalized spacial score (nSPS) is 13.0. The van der Waals surface area contributed by atoms with Gasteiger partial charge in [-0.1, -0.05) is 30.3 Å². The van der Waals surface area contributed by atoms with E-state index in [-0.39, 0.29) is 44.9 Å². The molecule has 0 fully saturated rings. The first-order valence-electron chi connectivity index (χ1n) is 13.0. The Morgan fingerprint density at radius 2 is 1.73 bits per heavy atom. The van der Waals surface area contributed by atoms with Crippen molar-refractivity contribution in [1.29, 1.82) is 0 Å². The summed E-state index contributed by atoms with van der Waals surface area (Å²) < 4.78 is 39.2. The van der Waals surface area contributed by atoms with E-state index in [1.165, 1.54) is 30.3 Å². The number of rotatable bonds is 12. The first-order chi connectivity index (χ1) is 19.4. The summed E-state index contributed by atoms with van der Waals surface area (Å²) in [5.41, 5.74) is 17.9. The molecular formula is C28H34F3N7O3. The molecule has 0 bridgehead atoms. The van der Waals surface area contributed by atoms with Crippen LogP contribution in [0.25, 0.3) is 10.9 Å². The van der Waals surface area contributed by atoms with Crippen LogP contribution in [0, 0.1) is 0 Å². The maximum absolute atomic E-state index is 13.5. The van der Waals surface area contributed by atoms with Crippen LogP contribution in [0.2, 0.25) is 0 Å². The summed E-state index contributed by atoms with van der Waals surface area (Å²) in [7, 11) is 1.39. The minimum atomic E-state index is -4.51. The predicted molar refractivity (Wildman–Crippen MR) is 149 cm³/mol. The Bertz CT molecular complexity index is 1350. The third-order valence-corrected chi connectivity index (χ3v) is 6.64. The average molecular weight is 574 g/mol. The van der Waals surface area contributed by atoms with Crippen molar-refractivity contribution in [3.63, 3.8) is 0 Å². The Morgan fingerprint density at radius 3 is 2.37 bits per heavy atom. The molecule has 0 radical (unpaired) electrons. The number of nitrogens with zero attached hydrogens (tertiary/aromatic N) is 3. The third kappa shape index (κ3) is 8.46. The van der Waals surface area contributed by atoms with Gasteiger partial charge in [-0.2, -0.15) is 13.2 Å². The fraction of sp³-hybridized carbons (Fsp3) is 0.357. The van der Waals surface area contributed by atoms with E-state index < -0.39 is 35.6 Å². The lowest BCUT2D eigenvalue weighted by atomic mass is 10.0. The lowest BCUT2D eigenvalue weighted by Crippen LogP contribution is -2.52. The van der Waals surface area contributed by atoms with Crippen LogP contribution < -0.4 is 22.5 Å². The minimum absolute atomic E-state index is 0.00765. The van der Waals surface area contributed by atoms with Crippen molar-refractivity contribution < 1.29 is 27.6 Å². The first kappa shape index (κ1) is 31.5. The fourth-order valence-electron chi connectivity index (χ4n) is 4.27. The number of anilines is 1. The number of fused-ring (bicyclic) bond motifs is 1. The van der Waals surface area contributed by atoms with Gasteiger partial charge in [-0.15, -0.1) is 0 Å². The van der Waals surface area contributed by atoms with Gasteiger partial charge in [-0.3, -0.25) is 19.4 Å². The first-order valence-corrected chi connectivity index (χ1v) is 13.0. The summed E-state index contributed by atoms with van der Waals surface area (Å²) in [6, 6.07) is 11.1. The molecule has 7 N–H and O–H groups in total. The number of para-hydroxylation sites is 1. The molecule has 0 aliphatic rings. The zero-order valence-corrected chi connectivity index (χ0v) is 22.6. The molecule has 1 aromatic heterocycles. The van der Waals surface area contributed by atoms with Crippen molar-refractivity contribution in [3.05, 3.63) is 71.9 Å². The van der Waals surface area contributed by atoms with Crippen LogP contribution in [0.1, 0.15) is 24.0 Å². The van der Waals surface area contributed by atoms with Gasteiger partial charge in [0.2, 0.25) is 17.7 Å². The molecular weight excluding hydrogens is 539 g/mol. The van der Waals surface area contributed by atoms with Crippen molar-refractivity contribution in [2.45, 2.75) is 37.5 Å². The quantitative estimate of drug-likeness (QED) is 0.241. The highest BCUT2D eigenvalue weighted by atomic mass is 19.4. The zero-order valence-electron chi connectivity index (χ0n) is 22.6. The maximum atomic E-state index is 13.5. The SMILES string of the molecule is CN(C(=O)[C@@H](N)CCC(=O)N(CN)CCN)[C@@H](Cc1ccc(C(F)(F)F)cc1)C(=O)Nc1cnc2ccccc2c1. The van der Waals surface area contributed by atoms with Crippen LogP contribution in [0.4, 0.5) is 18.9 Å². The second-order valence-corrected chi connectivity index (χ2v) is 9.54. The van der Waals surface area contributed by atoms with Gasteiger partial charge in [0, 0.05) is 38.4 Å². The Hall–Kier alpha value is -4.07. The molecule has 10 nitrogen and oxygen atoms in total. The Balaban J connectivity index is 1.80. The molecule has 1 heterocycles. The molecule has 0 saturated heterocycles. The fourth-order valence-corrected chi connectivity index (χ4v) is 4.27. The number of likely N-dealkylation sites (N-methyl/N-ethyl adjacent to an activating group) is 1. The molecule has 3 aromatic rings. The molecule has 0 unspecified atom stereocenters. The van der Waals surface area contributed by atoms with E-state index in [1.54, 1.807) is 6.07 Å². The van der Waals surface area contributed by atoms with Crippen molar-refractivity contribution in [3.8, 4) is 0 Å². The summed E-state index contributed by atoms with van der Waals surface area (Å²) in [5.74, 6) is -1.51. The lowest BCUT2D eigenvalue weighted by Gasteiger charge is -2.30. The van der Waals surface area contributed by atoms with Gasteiger partial charge in [0.15, 0.2) is 0 Å². The number of carbonyl (C=O) groups is 3. The summed E-state index contributed by atoms with van der Waals surface area (Å²) in [6.45, 7) is 0.458. The van der Waals surface area contributed by atoms with Crippen LogP contribution in [-0.2, 0) is 27.0 Å². The standard InChI is InChI=1S/C28H34F3N7O3/c1-37(27(41)22(34)10-11-25(39)38(17-33)13-12-32)24(14-18-6-8-20(9-7-18)28(29,30)31)26(40)36-21-15-19-4-2-3-5-23(19)35-16-21/h2-9,15-16,22,24H,10-14,17,32-34H2,1H3,(H,36,40)/t22-,24-/m0/s1. The minimum Gasteiger partial charge on any atom is -0.332 e.